The molecule has 0 fully saturated rings. The quantitative estimate of drug-likeness (QED) is 0.887. The number of benzene rings is 1. The van der Waals surface area contributed by atoms with Gasteiger partial charge in [0.15, 0.2) is 0 Å². The molecule has 2 rings (SSSR count). The second kappa shape index (κ2) is 6.97. The highest BCUT2D eigenvalue weighted by Crippen LogP contribution is 2.23. The monoisotopic (exact) mass is 291 g/mol. The molecule has 0 amide bonds. The number of rotatable bonds is 6. The highest BCUT2D eigenvalue weighted by atomic mass is 32.1. The molecule has 0 spiro atoms. The van der Waals surface area contributed by atoms with Crippen molar-refractivity contribution in [2.24, 2.45) is 5.92 Å². The highest BCUT2D eigenvalue weighted by Gasteiger charge is 2.23. The Bertz CT molecular complexity index is 524. The van der Waals surface area contributed by atoms with Crippen molar-refractivity contribution in [1.82, 2.24) is 4.98 Å². The van der Waals surface area contributed by atoms with Crippen LogP contribution in [0.5, 0.6) is 0 Å². The maximum absolute atomic E-state index is 10.3. The summed E-state index contributed by atoms with van der Waals surface area (Å²) in [6, 6.07) is 10.1. The van der Waals surface area contributed by atoms with Gasteiger partial charge in [-0.3, -0.25) is 0 Å². The number of hydrogen-bond acceptors (Lipinski definition) is 4. The highest BCUT2D eigenvalue weighted by molar-refractivity contribution is 7.09. The topological polar surface area (TPSA) is 42.4 Å². The minimum absolute atomic E-state index is 0.154. The second-order valence-corrected chi connectivity index (χ2v) is 6.15. The van der Waals surface area contributed by atoms with E-state index in [4.69, 9.17) is 4.74 Å². The molecule has 0 radical (unpaired) electrons. The van der Waals surface area contributed by atoms with Crippen LogP contribution in [-0.2, 0) is 11.2 Å². The average molecular weight is 291 g/mol. The Morgan fingerprint density at radius 1 is 1.25 bits per heavy atom. The fourth-order valence-electron chi connectivity index (χ4n) is 2.31. The Morgan fingerprint density at radius 3 is 2.55 bits per heavy atom. The molecule has 1 aromatic heterocycles. The first-order chi connectivity index (χ1) is 9.61. The van der Waals surface area contributed by atoms with Gasteiger partial charge in [0.2, 0.25) is 0 Å². The van der Waals surface area contributed by atoms with Crippen molar-refractivity contribution in [3.05, 3.63) is 40.7 Å². The smallest absolute Gasteiger partial charge is 0.0959 e. The van der Waals surface area contributed by atoms with E-state index in [1.165, 1.54) is 0 Å². The summed E-state index contributed by atoms with van der Waals surface area (Å²) in [6.07, 6.45) is -0.136. The molecular weight excluding hydrogens is 270 g/mol. The lowest BCUT2D eigenvalue weighted by Crippen LogP contribution is -2.34. The van der Waals surface area contributed by atoms with Crippen LogP contribution < -0.4 is 0 Å². The zero-order valence-electron chi connectivity index (χ0n) is 12.1. The predicted molar refractivity (Wildman–Crippen MR) is 82.9 cm³/mol. The Kier molecular flexibility index (Phi) is 5.29. The fourth-order valence-corrected chi connectivity index (χ4v) is 3.17. The standard InChI is InChI=1S/C16H21NO2S/c1-11(2)16(19-3)14(18)9-15-17-13(10-20-15)12-7-5-4-6-8-12/h4-8,10-11,14,16,18H,9H2,1-3H3. The molecule has 4 heteroatoms. The molecule has 1 heterocycles. The van der Waals surface area contributed by atoms with E-state index in [9.17, 15) is 5.11 Å². The van der Waals surface area contributed by atoms with Crippen molar-refractivity contribution in [3.8, 4) is 11.3 Å². The molecule has 3 nitrogen and oxygen atoms in total. The SMILES string of the molecule is COC(C(C)C)C(O)Cc1nc(-c2ccccc2)cs1. The van der Waals surface area contributed by atoms with Gasteiger partial charge in [-0.05, 0) is 5.92 Å². The Morgan fingerprint density at radius 2 is 1.95 bits per heavy atom. The van der Waals surface area contributed by atoms with Crippen LogP contribution in [0.4, 0.5) is 0 Å². The summed E-state index contributed by atoms with van der Waals surface area (Å²) in [6.45, 7) is 4.10. The number of aromatic nitrogens is 1. The van der Waals surface area contributed by atoms with Crippen molar-refractivity contribution in [2.75, 3.05) is 7.11 Å². The summed E-state index contributed by atoms with van der Waals surface area (Å²) < 4.78 is 5.36. The van der Waals surface area contributed by atoms with Crippen LogP contribution in [-0.4, -0.2) is 29.4 Å². The molecule has 2 unspecified atom stereocenters. The Labute approximate surface area is 124 Å². The predicted octanol–water partition coefficient (Wildman–Crippen LogP) is 3.38. The van der Waals surface area contributed by atoms with Gasteiger partial charge >= 0.3 is 0 Å². The lowest BCUT2D eigenvalue weighted by molar-refractivity contribution is -0.0368. The van der Waals surface area contributed by atoms with E-state index < -0.39 is 6.10 Å². The number of nitrogens with zero attached hydrogens (tertiary/aromatic N) is 1. The lowest BCUT2D eigenvalue weighted by atomic mass is 10.00. The molecular formula is C16H21NO2S. The maximum Gasteiger partial charge on any atom is 0.0959 e. The van der Waals surface area contributed by atoms with Gasteiger partial charge in [0.05, 0.1) is 22.9 Å². The number of thiazole rings is 1. The fraction of sp³-hybridized carbons (Fsp3) is 0.438. The van der Waals surface area contributed by atoms with E-state index >= 15 is 0 Å². The van der Waals surface area contributed by atoms with Crippen LogP contribution >= 0.6 is 11.3 Å². The van der Waals surface area contributed by atoms with Crippen LogP contribution in [0.3, 0.4) is 0 Å². The molecule has 0 aliphatic rings. The average Bonchev–Trinajstić information content (AvgIpc) is 2.88. The third-order valence-corrected chi connectivity index (χ3v) is 4.18. The van der Waals surface area contributed by atoms with Crippen LogP contribution in [0, 0.1) is 5.92 Å². The van der Waals surface area contributed by atoms with Gasteiger partial charge in [-0.25, -0.2) is 4.98 Å². The largest absolute Gasteiger partial charge is 0.390 e. The van der Waals surface area contributed by atoms with Crippen LogP contribution in [0.1, 0.15) is 18.9 Å². The van der Waals surface area contributed by atoms with E-state index in [0.29, 0.717) is 6.42 Å². The molecule has 0 saturated heterocycles. The molecule has 1 aromatic carbocycles. The number of hydrogen-bond donors (Lipinski definition) is 1. The summed E-state index contributed by atoms with van der Waals surface area (Å²) in [5, 5.41) is 13.2. The van der Waals surface area contributed by atoms with Crippen molar-refractivity contribution < 1.29 is 9.84 Å². The van der Waals surface area contributed by atoms with Crippen LogP contribution in [0.25, 0.3) is 11.3 Å². The Hall–Kier alpha value is -1.23. The third-order valence-electron chi connectivity index (χ3n) is 3.31. The first-order valence-electron chi connectivity index (χ1n) is 6.82. The number of ether oxygens (including phenoxy) is 1. The van der Waals surface area contributed by atoms with Gasteiger partial charge < -0.3 is 9.84 Å². The van der Waals surface area contributed by atoms with E-state index in [-0.39, 0.29) is 12.0 Å². The molecule has 0 saturated carbocycles. The summed E-state index contributed by atoms with van der Waals surface area (Å²) in [4.78, 5) is 4.60. The van der Waals surface area contributed by atoms with E-state index in [0.717, 1.165) is 16.3 Å². The summed E-state index contributed by atoms with van der Waals surface area (Å²) in [5.74, 6) is 0.281. The number of aliphatic hydroxyl groups excluding tert-OH is 1. The van der Waals surface area contributed by atoms with Gasteiger partial charge in [0.1, 0.15) is 0 Å². The Balaban J connectivity index is 2.06. The van der Waals surface area contributed by atoms with Crippen LogP contribution in [0.2, 0.25) is 0 Å². The molecule has 1 N–H and O–H groups in total. The summed E-state index contributed by atoms with van der Waals surface area (Å²) >= 11 is 1.59. The minimum atomic E-state index is -0.519. The van der Waals surface area contributed by atoms with E-state index in [1.807, 2.05) is 35.7 Å². The number of methoxy groups -OCH3 is 1. The first-order valence-corrected chi connectivity index (χ1v) is 7.70. The van der Waals surface area contributed by atoms with Crippen molar-refractivity contribution in [1.29, 1.82) is 0 Å². The third kappa shape index (κ3) is 3.66. The first kappa shape index (κ1) is 15.2. The van der Waals surface area contributed by atoms with Crippen molar-refractivity contribution in [3.63, 3.8) is 0 Å². The zero-order chi connectivity index (χ0) is 14.5. The minimum Gasteiger partial charge on any atom is -0.390 e. The second-order valence-electron chi connectivity index (χ2n) is 5.21. The maximum atomic E-state index is 10.3. The van der Waals surface area contributed by atoms with Gasteiger partial charge in [0.25, 0.3) is 0 Å². The van der Waals surface area contributed by atoms with Gasteiger partial charge in [-0.2, -0.15) is 0 Å². The van der Waals surface area contributed by atoms with Gasteiger partial charge in [-0.1, -0.05) is 44.2 Å². The lowest BCUT2D eigenvalue weighted by Gasteiger charge is -2.24. The van der Waals surface area contributed by atoms with Crippen molar-refractivity contribution in [2.45, 2.75) is 32.5 Å². The van der Waals surface area contributed by atoms with E-state index in [1.54, 1.807) is 18.4 Å². The van der Waals surface area contributed by atoms with Crippen molar-refractivity contribution >= 4 is 11.3 Å². The number of aliphatic hydroxyl groups is 1. The molecule has 0 bridgehead atoms. The van der Waals surface area contributed by atoms with Gasteiger partial charge in [-0.15, -0.1) is 11.3 Å². The zero-order valence-corrected chi connectivity index (χ0v) is 12.9. The molecule has 0 aliphatic carbocycles. The summed E-state index contributed by atoms with van der Waals surface area (Å²) in [7, 11) is 1.64. The molecule has 0 aliphatic heterocycles. The molecule has 2 aromatic rings. The summed E-state index contributed by atoms with van der Waals surface area (Å²) in [5.41, 5.74) is 2.08. The van der Waals surface area contributed by atoms with Crippen LogP contribution in [0.15, 0.2) is 35.7 Å². The molecule has 2 atom stereocenters. The molecule has 20 heavy (non-hydrogen) atoms. The molecule has 108 valence electrons. The van der Waals surface area contributed by atoms with E-state index in [2.05, 4.69) is 18.8 Å². The van der Waals surface area contributed by atoms with Gasteiger partial charge in [0, 0.05) is 24.5 Å². The normalized spacial score (nSPS) is 14.4.